The van der Waals surface area contributed by atoms with E-state index in [1.54, 1.807) is 0 Å². The molecule has 120 valence electrons. The van der Waals surface area contributed by atoms with E-state index in [4.69, 9.17) is 4.74 Å². The molecule has 2 saturated heterocycles. The minimum atomic E-state index is 0.0897. The molecule has 3 aliphatic rings. The second kappa shape index (κ2) is 5.88. The number of rotatable bonds is 4. The van der Waals surface area contributed by atoms with Crippen LogP contribution in [0.25, 0.3) is 0 Å². The van der Waals surface area contributed by atoms with E-state index in [2.05, 4.69) is 31.4 Å². The largest absolute Gasteiger partial charge is 0.377 e. The second-order valence-corrected chi connectivity index (χ2v) is 7.90. The average Bonchev–Trinajstić information content (AvgIpc) is 2.93. The highest BCUT2D eigenvalue weighted by atomic mass is 16.5. The lowest BCUT2D eigenvalue weighted by atomic mass is 9.57. The van der Waals surface area contributed by atoms with Gasteiger partial charge in [0.05, 0.1) is 6.10 Å². The molecule has 5 unspecified atom stereocenters. The highest BCUT2D eigenvalue weighted by Crippen LogP contribution is 2.52. The van der Waals surface area contributed by atoms with E-state index in [1.807, 2.05) is 0 Å². The summed E-state index contributed by atoms with van der Waals surface area (Å²) >= 11 is 0. The van der Waals surface area contributed by atoms with Crippen LogP contribution in [-0.2, 0) is 9.53 Å². The lowest BCUT2D eigenvalue weighted by molar-refractivity contribution is -0.138. The summed E-state index contributed by atoms with van der Waals surface area (Å²) in [5, 5.41) is 6.76. The Balaban J connectivity index is 1.50. The molecule has 2 N–H and O–H groups in total. The predicted octanol–water partition coefficient (Wildman–Crippen LogP) is 1.94. The maximum absolute atomic E-state index is 12.4. The van der Waals surface area contributed by atoms with Crippen LogP contribution in [-0.4, -0.2) is 37.7 Å². The number of ether oxygens (including phenoxy) is 1. The van der Waals surface area contributed by atoms with Crippen molar-refractivity contribution in [2.24, 2.45) is 23.2 Å². The van der Waals surface area contributed by atoms with Crippen molar-refractivity contribution in [2.75, 3.05) is 19.7 Å². The smallest absolute Gasteiger partial charge is 0.220 e. The summed E-state index contributed by atoms with van der Waals surface area (Å²) < 4.78 is 5.80. The summed E-state index contributed by atoms with van der Waals surface area (Å²) in [5.74, 6) is 1.89. The Kier molecular flexibility index (Phi) is 4.28. The first-order valence-electron chi connectivity index (χ1n) is 8.62. The molecule has 0 aromatic rings. The van der Waals surface area contributed by atoms with Gasteiger partial charge in [0.15, 0.2) is 0 Å². The van der Waals surface area contributed by atoms with Gasteiger partial charge in [0, 0.05) is 30.4 Å². The summed E-state index contributed by atoms with van der Waals surface area (Å²) in [5.41, 5.74) is 0.0897. The van der Waals surface area contributed by atoms with E-state index in [0.717, 1.165) is 26.1 Å². The first kappa shape index (κ1) is 15.3. The van der Waals surface area contributed by atoms with Crippen molar-refractivity contribution < 1.29 is 9.53 Å². The highest BCUT2D eigenvalue weighted by Gasteiger charge is 2.59. The van der Waals surface area contributed by atoms with Gasteiger partial charge in [-0.15, -0.1) is 0 Å². The molecule has 0 aromatic heterocycles. The van der Waals surface area contributed by atoms with Gasteiger partial charge in [0.2, 0.25) is 5.91 Å². The number of nitrogens with one attached hydrogen (secondary N) is 2. The van der Waals surface area contributed by atoms with Gasteiger partial charge in [-0.05, 0) is 44.2 Å². The third kappa shape index (κ3) is 2.85. The van der Waals surface area contributed by atoms with Gasteiger partial charge in [-0.25, -0.2) is 0 Å². The van der Waals surface area contributed by atoms with Crippen LogP contribution >= 0.6 is 0 Å². The number of hydrogen-bond acceptors (Lipinski definition) is 3. The molecule has 1 saturated carbocycles. The fourth-order valence-electron chi connectivity index (χ4n) is 4.67. The SMILES string of the molecule is CC(CC(=O)NC1C2CCOC2C1(C)C)C1CCCNC1. The van der Waals surface area contributed by atoms with Gasteiger partial charge in [0.25, 0.3) is 0 Å². The van der Waals surface area contributed by atoms with E-state index in [1.165, 1.54) is 12.8 Å². The average molecular weight is 294 g/mol. The fraction of sp³-hybridized carbons (Fsp3) is 0.941. The molecule has 0 spiro atoms. The molecule has 0 bridgehead atoms. The molecular formula is C17H30N2O2. The molecule has 4 nitrogen and oxygen atoms in total. The molecule has 2 aliphatic heterocycles. The zero-order valence-corrected chi connectivity index (χ0v) is 13.7. The van der Waals surface area contributed by atoms with E-state index in [0.29, 0.717) is 36.3 Å². The minimum absolute atomic E-state index is 0.0897. The van der Waals surface area contributed by atoms with Crippen LogP contribution in [0.1, 0.15) is 46.5 Å². The molecule has 2 heterocycles. The van der Waals surface area contributed by atoms with E-state index < -0.39 is 0 Å². The maximum Gasteiger partial charge on any atom is 0.220 e. The molecule has 4 heteroatoms. The van der Waals surface area contributed by atoms with Crippen molar-refractivity contribution in [3.05, 3.63) is 0 Å². The van der Waals surface area contributed by atoms with E-state index >= 15 is 0 Å². The van der Waals surface area contributed by atoms with Crippen molar-refractivity contribution in [3.8, 4) is 0 Å². The molecule has 21 heavy (non-hydrogen) atoms. The normalized spacial score (nSPS) is 39.2. The van der Waals surface area contributed by atoms with Gasteiger partial charge in [-0.1, -0.05) is 20.8 Å². The van der Waals surface area contributed by atoms with Crippen LogP contribution in [0.15, 0.2) is 0 Å². The quantitative estimate of drug-likeness (QED) is 0.833. The Bertz CT molecular complexity index is 390. The predicted molar refractivity (Wildman–Crippen MR) is 82.9 cm³/mol. The molecule has 3 fully saturated rings. The monoisotopic (exact) mass is 294 g/mol. The van der Waals surface area contributed by atoms with Gasteiger partial charge in [-0.3, -0.25) is 4.79 Å². The van der Waals surface area contributed by atoms with Crippen LogP contribution in [0.4, 0.5) is 0 Å². The van der Waals surface area contributed by atoms with Crippen molar-refractivity contribution >= 4 is 5.91 Å². The molecule has 1 amide bonds. The number of carbonyl (C=O) groups is 1. The summed E-state index contributed by atoms with van der Waals surface area (Å²) in [6.07, 6.45) is 4.61. The van der Waals surface area contributed by atoms with Crippen molar-refractivity contribution in [3.63, 3.8) is 0 Å². The number of piperidine rings is 1. The first-order chi connectivity index (χ1) is 10.00. The molecule has 1 aliphatic carbocycles. The van der Waals surface area contributed by atoms with Crippen molar-refractivity contribution in [1.29, 1.82) is 0 Å². The van der Waals surface area contributed by atoms with E-state index in [-0.39, 0.29) is 11.3 Å². The lowest BCUT2D eigenvalue weighted by Crippen LogP contribution is -2.66. The van der Waals surface area contributed by atoms with Crippen molar-refractivity contribution in [2.45, 2.75) is 58.6 Å². The third-order valence-corrected chi connectivity index (χ3v) is 6.06. The van der Waals surface area contributed by atoms with Crippen LogP contribution < -0.4 is 10.6 Å². The Morgan fingerprint density at radius 1 is 1.43 bits per heavy atom. The van der Waals surface area contributed by atoms with E-state index in [9.17, 15) is 4.79 Å². The third-order valence-electron chi connectivity index (χ3n) is 6.06. The van der Waals surface area contributed by atoms with Gasteiger partial charge in [0.1, 0.15) is 0 Å². The Morgan fingerprint density at radius 3 is 2.95 bits per heavy atom. The molecule has 3 rings (SSSR count). The van der Waals surface area contributed by atoms with Crippen LogP contribution in [0.3, 0.4) is 0 Å². The molecule has 0 aromatic carbocycles. The Morgan fingerprint density at radius 2 is 2.24 bits per heavy atom. The maximum atomic E-state index is 12.4. The zero-order valence-electron chi connectivity index (χ0n) is 13.7. The second-order valence-electron chi connectivity index (χ2n) is 7.90. The molecule has 0 radical (unpaired) electrons. The molecule has 5 atom stereocenters. The fourth-order valence-corrected chi connectivity index (χ4v) is 4.67. The minimum Gasteiger partial charge on any atom is -0.377 e. The number of fused-ring (bicyclic) bond motifs is 1. The van der Waals surface area contributed by atoms with Gasteiger partial charge < -0.3 is 15.4 Å². The van der Waals surface area contributed by atoms with Gasteiger partial charge in [-0.2, -0.15) is 0 Å². The molecular weight excluding hydrogens is 264 g/mol. The van der Waals surface area contributed by atoms with Gasteiger partial charge >= 0.3 is 0 Å². The van der Waals surface area contributed by atoms with Crippen LogP contribution in [0.5, 0.6) is 0 Å². The number of carbonyl (C=O) groups excluding carboxylic acids is 1. The summed E-state index contributed by atoms with van der Waals surface area (Å²) in [7, 11) is 0. The standard InChI is InChI=1S/C17H30N2O2/c1-11(12-5-4-7-18-10-12)9-14(20)19-15-13-6-8-21-16(13)17(15,2)3/h11-13,15-16,18H,4-10H2,1-3H3,(H,19,20). The van der Waals surface area contributed by atoms with Crippen LogP contribution in [0, 0.1) is 23.2 Å². The van der Waals surface area contributed by atoms with Crippen molar-refractivity contribution in [1.82, 2.24) is 10.6 Å². The Hall–Kier alpha value is -0.610. The number of amides is 1. The zero-order chi connectivity index (χ0) is 15.0. The van der Waals surface area contributed by atoms with Crippen LogP contribution in [0.2, 0.25) is 0 Å². The first-order valence-corrected chi connectivity index (χ1v) is 8.62. The topological polar surface area (TPSA) is 50.4 Å². The lowest BCUT2D eigenvalue weighted by Gasteiger charge is -2.54. The summed E-state index contributed by atoms with van der Waals surface area (Å²) in [6, 6.07) is 0.300. The summed E-state index contributed by atoms with van der Waals surface area (Å²) in [6.45, 7) is 9.73. The number of hydrogen-bond donors (Lipinski definition) is 2. The summed E-state index contributed by atoms with van der Waals surface area (Å²) in [4.78, 5) is 12.4. The Labute approximate surface area is 128 Å². The highest BCUT2D eigenvalue weighted by molar-refractivity contribution is 5.77.